The molecular formula is C41H94O10Si8. The van der Waals surface area contributed by atoms with Crippen LogP contribution < -0.4 is 0 Å². The van der Waals surface area contributed by atoms with Crippen molar-refractivity contribution >= 4 is 79.5 Å². The van der Waals surface area contributed by atoms with Gasteiger partial charge in [0.15, 0.2) is 49.9 Å². The Morgan fingerprint density at radius 1 is 0.508 bits per heavy atom. The maximum Gasteiger partial charge on any atom is 0.469 e. The number of carbonyl (C=O) groups excluding carboxylic acids is 1. The van der Waals surface area contributed by atoms with E-state index in [2.05, 4.69) is 128 Å². The van der Waals surface area contributed by atoms with Gasteiger partial charge in [-0.2, -0.15) is 0 Å². The molecule has 0 aromatic rings. The summed E-state index contributed by atoms with van der Waals surface area (Å²) < 4.78 is 47.2. The molecule has 0 rings (SSSR count). The molecule has 1 N–H and O–H groups in total. The SMILES string of the molecule is C=C(C)C(=O)OCCC[Si](O[Si](C)(C)C)(O[Si](C)(C)C)O[Si](C)(C)C.CC[Si](CC)(CC)O[Si](CCCC=C(C)C(=O)O)(O[Si](CC)(CC)CC)O[Si](CC)(CC)CC. The summed E-state index contributed by atoms with van der Waals surface area (Å²) in [5.41, 5.74) is 0.826. The van der Waals surface area contributed by atoms with Crippen LogP contribution in [0.4, 0.5) is 0 Å². The van der Waals surface area contributed by atoms with E-state index < -0.39 is 73.5 Å². The quantitative estimate of drug-likeness (QED) is 0.0311. The highest BCUT2D eigenvalue weighted by Crippen LogP contribution is 2.39. The van der Waals surface area contributed by atoms with E-state index in [9.17, 15) is 14.7 Å². The van der Waals surface area contributed by atoms with Crippen molar-refractivity contribution in [2.45, 2.75) is 221 Å². The Morgan fingerprint density at radius 2 is 0.797 bits per heavy atom. The molecular weight excluding hydrogens is 877 g/mol. The van der Waals surface area contributed by atoms with E-state index in [-0.39, 0.29) is 5.97 Å². The number of hydrogen-bond donors (Lipinski definition) is 1. The van der Waals surface area contributed by atoms with E-state index in [0.29, 0.717) is 30.2 Å². The Labute approximate surface area is 372 Å². The maximum atomic E-state index is 11.6. The average Bonchev–Trinajstić information content (AvgIpc) is 3.13. The molecule has 0 fully saturated rings. The fourth-order valence-electron chi connectivity index (χ4n) is 7.02. The van der Waals surface area contributed by atoms with Crippen LogP contribution >= 0.6 is 0 Å². The van der Waals surface area contributed by atoms with Gasteiger partial charge in [-0.15, -0.1) is 0 Å². The average molecular weight is 972 g/mol. The molecule has 59 heavy (non-hydrogen) atoms. The number of carbonyl (C=O) groups is 2. The highest BCUT2D eigenvalue weighted by atomic mass is 28.5. The standard InChI is InChI=1S/C25H56O5Si4.C16H38O5Si4/c1-11-31(12-2,13-3)28-34(29-32(14-4,15-5)16-6,30-33(17-7,18-8)19-9)23-21-20-22-24(10)25(26)27;1-15(2)16(17)18-13-12-14-25(19-22(3,4)5,20-23(6,7)8)21-24(9,10)11/h22H,11-21,23H2,1-10H3,(H,26,27);1,12-14H2,2-11H3. The van der Waals surface area contributed by atoms with Gasteiger partial charge in [-0.05, 0) is 146 Å². The Balaban J connectivity index is 0. The number of carboxylic acid groups (broad SMARTS) is 1. The second-order valence-electron chi connectivity index (χ2n) is 19.2. The maximum absolute atomic E-state index is 11.6. The zero-order valence-electron chi connectivity index (χ0n) is 42.0. The van der Waals surface area contributed by atoms with Crippen molar-refractivity contribution in [1.29, 1.82) is 0 Å². The van der Waals surface area contributed by atoms with Crippen LogP contribution in [0.25, 0.3) is 0 Å². The van der Waals surface area contributed by atoms with E-state index in [4.69, 9.17) is 29.4 Å². The number of esters is 1. The zero-order valence-corrected chi connectivity index (χ0v) is 50.0. The van der Waals surface area contributed by atoms with Crippen LogP contribution in [0.2, 0.25) is 125 Å². The second-order valence-corrected chi connectivity index (χ2v) is 53.9. The number of hydrogen-bond acceptors (Lipinski definition) is 9. The Hall–Kier alpha value is -0.0849. The summed E-state index contributed by atoms with van der Waals surface area (Å²) in [5.74, 6) is -1.19. The van der Waals surface area contributed by atoms with Gasteiger partial charge in [0.25, 0.3) is 0 Å². The highest BCUT2D eigenvalue weighted by molar-refractivity contribution is 6.92. The molecule has 0 bridgehead atoms. The molecule has 0 aliphatic carbocycles. The van der Waals surface area contributed by atoms with Crippen LogP contribution in [0.5, 0.6) is 0 Å². The molecule has 0 aliphatic heterocycles. The van der Waals surface area contributed by atoms with Gasteiger partial charge in [-0.3, -0.25) is 0 Å². The van der Waals surface area contributed by atoms with Crippen molar-refractivity contribution in [3.63, 3.8) is 0 Å². The number of allylic oxidation sites excluding steroid dienone is 1. The van der Waals surface area contributed by atoms with Gasteiger partial charge in [0.05, 0.1) is 6.61 Å². The van der Waals surface area contributed by atoms with Gasteiger partial charge in [0.2, 0.25) is 0 Å². The summed E-state index contributed by atoms with van der Waals surface area (Å²) in [7, 11) is -17.3. The first-order chi connectivity index (χ1) is 26.9. The second kappa shape index (κ2) is 27.3. The van der Waals surface area contributed by atoms with Crippen molar-refractivity contribution in [3.05, 3.63) is 23.8 Å². The molecule has 0 unspecified atom stereocenters. The van der Waals surface area contributed by atoms with Crippen LogP contribution in [0.3, 0.4) is 0 Å². The predicted octanol–water partition coefficient (Wildman–Crippen LogP) is 13.8. The lowest BCUT2D eigenvalue weighted by Crippen LogP contribution is -2.64. The lowest BCUT2D eigenvalue weighted by molar-refractivity contribution is -0.139. The molecule has 0 radical (unpaired) electrons. The Kier molecular flexibility index (Phi) is 28.2. The van der Waals surface area contributed by atoms with Gasteiger partial charge >= 0.3 is 29.5 Å². The van der Waals surface area contributed by atoms with Gasteiger partial charge in [0.1, 0.15) is 0 Å². The molecule has 10 nitrogen and oxygen atoms in total. The zero-order chi connectivity index (χ0) is 46.6. The molecule has 0 atom stereocenters. The Bertz CT molecular complexity index is 1150. The molecule has 0 amide bonds. The van der Waals surface area contributed by atoms with Crippen molar-refractivity contribution in [1.82, 2.24) is 0 Å². The summed E-state index contributed by atoms with van der Waals surface area (Å²) in [6.45, 7) is 47.3. The monoisotopic (exact) mass is 971 g/mol. The molecule has 0 aromatic carbocycles. The highest BCUT2D eigenvalue weighted by Gasteiger charge is 2.55. The van der Waals surface area contributed by atoms with Crippen molar-refractivity contribution in [2.24, 2.45) is 0 Å². The molecule has 350 valence electrons. The fourth-order valence-corrected chi connectivity index (χ4v) is 42.7. The number of carboxylic acids is 1. The van der Waals surface area contributed by atoms with E-state index >= 15 is 0 Å². The molecule has 0 saturated heterocycles. The first-order valence-electron chi connectivity index (χ1n) is 22.9. The molecule has 0 heterocycles. The van der Waals surface area contributed by atoms with E-state index in [1.54, 1.807) is 13.8 Å². The minimum absolute atomic E-state index is 0.333. The lowest BCUT2D eigenvalue weighted by atomic mass is 10.2. The summed E-state index contributed by atoms with van der Waals surface area (Å²) in [6.07, 6.45) is 4.09. The van der Waals surface area contributed by atoms with Gasteiger partial charge in [-0.25, -0.2) is 9.59 Å². The topological polar surface area (TPSA) is 119 Å². The van der Waals surface area contributed by atoms with Crippen LogP contribution in [0.1, 0.15) is 95.4 Å². The van der Waals surface area contributed by atoms with E-state index in [1.807, 2.05) is 6.08 Å². The predicted molar refractivity (Wildman–Crippen MR) is 270 cm³/mol. The normalized spacial score (nSPS) is 13.9. The number of ether oxygens (including phenoxy) is 1. The lowest BCUT2D eigenvalue weighted by Gasteiger charge is -2.48. The summed E-state index contributed by atoms with van der Waals surface area (Å²) >= 11 is 0. The minimum Gasteiger partial charge on any atom is -0.478 e. The summed E-state index contributed by atoms with van der Waals surface area (Å²) in [6, 6.07) is 11.2. The minimum atomic E-state index is -2.98. The number of aliphatic carboxylic acids is 1. The van der Waals surface area contributed by atoms with Gasteiger partial charge in [0, 0.05) is 23.2 Å². The van der Waals surface area contributed by atoms with Crippen molar-refractivity contribution in [3.8, 4) is 0 Å². The third-order valence-electron chi connectivity index (χ3n) is 11.0. The summed E-state index contributed by atoms with van der Waals surface area (Å²) in [4.78, 5) is 22.9. The smallest absolute Gasteiger partial charge is 0.469 e. The van der Waals surface area contributed by atoms with E-state index in [0.717, 1.165) is 73.3 Å². The van der Waals surface area contributed by atoms with Crippen molar-refractivity contribution in [2.75, 3.05) is 6.61 Å². The third-order valence-corrected chi connectivity index (χ3v) is 44.5. The molecule has 18 heteroatoms. The number of rotatable bonds is 31. The molecule has 0 spiro atoms. The molecule has 0 aromatic heterocycles. The van der Waals surface area contributed by atoms with Gasteiger partial charge < -0.3 is 34.5 Å². The first kappa shape index (κ1) is 61.0. The van der Waals surface area contributed by atoms with Crippen LogP contribution in [-0.4, -0.2) is 91.2 Å². The fraction of sp³-hybridized carbons (Fsp3) is 0.854. The van der Waals surface area contributed by atoms with Crippen molar-refractivity contribution < 1.29 is 44.1 Å². The molecule has 0 aliphatic rings. The van der Waals surface area contributed by atoms with Crippen LogP contribution in [-0.2, 0) is 39.0 Å². The Morgan fingerprint density at radius 3 is 1.05 bits per heavy atom. The van der Waals surface area contributed by atoms with Crippen LogP contribution in [0.15, 0.2) is 23.8 Å². The number of unbranched alkanes of at least 4 members (excludes halogenated alkanes) is 1. The van der Waals surface area contributed by atoms with E-state index in [1.165, 1.54) is 0 Å². The molecule has 0 saturated carbocycles. The van der Waals surface area contributed by atoms with Gasteiger partial charge in [-0.1, -0.05) is 75.0 Å². The summed E-state index contributed by atoms with van der Waals surface area (Å²) in [5, 5.41) is 9.27. The van der Waals surface area contributed by atoms with Crippen LogP contribution in [0, 0.1) is 0 Å². The third kappa shape index (κ3) is 24.0. The first-order valence-corrected chi connectivity index (χ1v) is 44.6. The largest absolute Gasteiger partial charge is 0.478 e.